The van der Waals surface area contributed by atoms with E-state index < -0.39 is 0 Å². The fraction of sp³-hybridized carbons (Fsp3) is 0.476. The molecule has 3 heterocycles. The third kappa shape index (κ3) is 3.11. The second-order valence-electron chi connectivity index (χ2n) is 7.42. The summed E-state index contributed by atoms with van der Waals surface area (Å²) >= 11 is 0. The number of piperidine rings is 1. The van der Waals surface area contributed by atoms with E-state index in [-0.39, 0.29) is 5.91 Å². The van der Waals surface area contributed by atoms with Crippen molar-refractivity contribution < 1.29 is 4.79 Å². The van der Waals surface area contributed by atoms with Gasteiger partial charge in [0, 0.05) is 42.8 Å². The quantitative estimate of drug-likeness (QED) is 0.859. The van der Waals surface area contributed by atoms with Crippen LogP contribution in [0.25, 0.3) is 0 Å². The molecular formula is C21H27N3O. The molecule has 4 nitrogen and oxygen atoms in total. The van der Waals surface area contributed by atoms with Gasteiger partial charge in [-0.05, 0) is 56.9 Å². The lowest BCUT2D eigenvalue weighted by atomic mass is 10.0. The zero-order valence-corrected chi connectivity index (χ0v) is 15.2. The van der Waals surface area contributed by atoms with Gasteiger partial charge in [-0.2, -0.15) is 0 Å². The standard InChI is InChI=1S/C21H27N3O/c1-16-7-8-17(2)24(16)19-10-12-22(13-11-19)15-21(25)23-14-9-18-5-3-4-6-20(18)23/h3-8,19H,9-15H2,1-2H3. The molecule has 1 aromatic carbocycles. The number of rotatable bonds is 3. The van der Waals surface area contributed by atoms with Gasteiger partial charge in [0.15, 0.2) is 0 Å². The van der Waals surface area contributed by atoms with Crippen molar-refractivity contribution >= 4 is 11.6 Å². The number of hydrogen-bond donors (Lipinski definition) is 0. The van der Waals surface area contributed by atoms with Crippen LogP contribution in [0.2, 0.25) is 0 Å². The Labute approximate surface area is 150 Å². The van der Waals surface area contributed by atoms with E-state index in [0.29, 0.717) is 12.6 Å². The molecule has 1 amide bonds. The number of amides is 1. The fourth-order valence-electron chi connectivity index (χ4n) is 4.47. The van der Waals surface area contributed by atoms with Gasteiger partial charge >= 0.3 is 0 Å². The molecule has 0 spiro atoms. The summed E-state index contributed by atoms with van der Waals surface area (Å²) < 4.78 is 2.47. The van der Waals surface area contributed by atoms with Gasteiger partial charge < -0.3 is 9.47 Å². The highest BCUT2D eigenvalue weighted by molar-refractivity contribution is 5.96. The first kappa shape index (κ1) is 16.4. The Bertz CT molecular complexity index is 752. The number of benzene rings is 1. The third-order valence-corrected chi connectivity index (χ3v) is 5.80. The molecule has 1 fully saturated rings. The Kier molecular flexibility index (Phi) is 4.38. The maximum Gasteiger partial charge on any atom is 0.241 e. The van der Waals surface area contributed by atoms with Crippen molar-refractivity contribution in [1.29, 1.82) is 0 Å². The molecule has 0 saturated carbocycles. The molecule has 25 heavy (non-hydrogen) atoms. The summed E-state index contributed by atoms with van der Waals surface area (Å²) in [5.41, 5.74) is 5.11. The van der Waals surface area contributed by atoms with Gasteiger partial charge in [-0.1, -0.05) is 18.2 Å². The SMILES string of the molecule is Cc1ccc(C)n1C1CCN(CC(=O)N2CCc3ccccc32)CC1. The monoisotopic (exact) mass is 337 g/mol. The highest BCUT2D eigenvalue weighted by Gasteiger charge is 2.28. The highest BCUT2D eigenvalue weighted by Crippen LogP contribution is 2.29. The van der Waals surface area contributed by atoms with Crippen molar-refractivity contribution in [3.05, 3.63) is 53.3 Å². The van der Waals surface area contributed by atoms with E-state index >= 15 is 0 Å². The van der Waals surface area contributed by atoms with Gasteiger partial charge in [0.1, 0.15) is 0 Å². The van der Waals surface area contributed by atoms with Gasteiger partial charge in [-0.15, -0.1) is 0 Å². The van der Waals surface area contributed by atoms with Crippen LogP contribution in [0.4, 0.5) is 5.69 Å². The summed E-state index contributed by atoms with van der Waals surface area (Å²) in [4.78, 5) is 17.1. The van der Waals surface area contributed by atoms with Crippen LogP contribution >= 0.6 is 0 Å². The predicted molar refractivity (Wildman–Crippen MR) is 101 cm³/mol. The number of fused-ring (bicyclic) bond motifs is 1. The number of anilines is 1. The number of hydrogen-bond acceptors (Lipinski definition) is 2. The Morgan fingerprint density at radius 1 is 1.00 bits per heavy atom. The van der Waals surface area contributed by atoms with E-state index in [1.54, 1.807) is 0 Å². The van der Waals surface area contributed by atoms with Gasteiger partial charge in [0.2, 0.25) is 5.91 Å². The molecule has 0 radical (unpaired) electrons. The fourth-order valence-corrected chi connectivity index (χ4v) is 4.47. The molecule has 0 aliphatic carbocycles. The van der Waals surface area contributed by atoms with E-state index in [4.69, 9.17) is 0 Å². The summed E-state index contributed by atoms with van der Waals surface area (Å²) in [6.07, 6.45) is 3.23. The molecule has 0 unspecified atom stereocenters. The van der Waals surface area contributed by atoms with Gasteiger partial charge in [-0.25, -0.2) is 0 Å². The Morgan fingerprint density at radius 3 is 2.40 bits per heavy atom. The van der Waals surface area contributed by atoms with E-state index in [0.717, 1.165) is 44.6 Å². The number of likely N-dealkylation sites (tertiary alicyclic amines) is 1. The van der Waals surface area contributed by atoms with Crippen LogP contribution in [0.1, 0.15) is 35.8 Å². The summed E-state index contributed by atoms with van der Waals surface area (Å²) in [5, 5.41) is 0. The molecule has 1 saturated heterocycles. The molecule has 132 valence electrons. The molecule has 1 aromatic heterocycles. The third-order valence-electron chi connectivity index (χ3n) is 5.80. The predicted octanol–water partition coefficient (Wildman–Crippen LogP) is 3.33. The van der Waals surface area contributed by atoms with Crippen molar-refractivity contribution in [2.75, 3.05) is 31.1 Å². The maximum absolute atomic E-state index is 12.8. The highest BCUT2D eigenvalue weighted by atomic mass is 16.2. The van der Waals surface area contributed by atoms with Crippen LogP contribution in [0.3, 0.4) is 0 Å². The lowest BCUT2D eigenvalue weighted by molar-refractivity contribution is -0.120. The zero-order chi connectivity index (χ0) is 17.4. The number of para-hydroxylation sites is 1. The molecule has 2 aliphatic rings. The summed E-state index contributed by atoms with van der Waals surface area (Å²) in [7, 11) is 0. The Hall–Kier alpha value is -2.07. The van der Waals surface area contributed by atoms with E-state index in [9.17, 15) is 4.79 Å². The molecule has 4 rings (SSSR count). The summed E-state index contributed by atoms with van der Waals surface area (Å²) in [6, 6.07) is 13.3. The Morgan fingerprint density at radius 2 is 1.68 bits per heavy atom. The topological polar surface area (TPSA) is 28.5 Å². The largest absolute Gasteiger partial charge is 0.346 e. The van der Waals surface area contributed by atoms with E-state index in [2.05, 4.69) is 53.6 Å². The van der Waals surface area contributed by atoms with Crippen molar-refractivity contribution in [2.24, 2.45) is 0 Å². The van der Waals surface area contributed by atoms with Crippen molar-refractivity contribution in [3.8, 4) is 0 Å². The van der Waals surface area contributed by atoms with Crippen LogP contribution in [0.15, 0.2) is 36.4 Å². The number of carbonyl (C=O) groups excluding carboxylic acids is 1. The lowest BCUT2D eigenvalue weighted by Gasteiger charge is -2.34. The average molecular weight is 337 g/mol. The average Bonchev–Trinajstić information content (AvgIpc) is 3.19. The molecule has 2 aliphatic heterocycles. The zero-order valence-electron chi connectivity index (χ0n) is 15.2. The lowest BCUT2D eigenvalue weighted by Crippen LogP contribution is -2.43. The smallest absolute Gasteiger partial charge is 0.241 e. The maximum atomic E-state index is 12.8. The number of aryl methyl sites for hydroxylation is 2. The van der Waals surface area contributed by atoms with Crippen LogP contribution in [-0.4, -0.2) is 41.6 Å². The number of aromatic nitrogens is 1. The van der Waals surface area contributed by atoms with Crippen LogP contribution < -0.4 is 4.90 Å². The Balaban J connectivity index is 1.36. The van der Waals surface area contributed by atoms with Crippen LogP contribution in [-0.2, 0) is 11.2 Å². The van der Waals surface area contributed by atoms with Crippen molar-refractivity contribution in [2.45, 2.75) is 39.2 Å². The molecule has 0 atom stereocenters. The van der Waals surface area contributed by atoms with E-state index in [1.165, 1.54) is 17.0 Å². The number of carbonyl (C=O) groups is 1. The minimum Gasteiger partial charge on any atom is -0.346 e. The second-order valence-corrected chi connectivity index (χ2v) is 7.42. The second kappa shape index (κ2) is 6.68. The van der Waals surface area contributed by atoms with Gasteiger partial charge in [0.05, 0.1) is 6.54 Å². The molecular weight excluding hydrogens is 310 g/mol. The summed E-state index contributed by atoms with van der Waals surface area (Å²) in [5.74, 6) is 0.247. The minimum absolute atomic E-state index is 0.247. The minimum atomic E-state index is 0.247. The molecule has 0 bridgehead atoms. The summed E-state index contributed by atoms with van der Waals surface area (Å²) in [6.45, 7) is 7.76. The first-order valence-corrected chi connectivity index (χ1v) is 9.38. The molecule has 2 aromatic rings. The van der Waals surface area contributed by atoms with Crippen molar-refractivity contribution in [3.63, 3.8) is 0 Å². The van der Waals surface area contributed by atoms with Crippen LogP contribution in [0, 0.1) is 13.8 Å². The normalized spacial score (nSPS) is 18.6. The van der Waals surface area contributed by atoms with Crippen LogP contribution in [0.5, 0.6) is 0 Å². The molecule has 4 heteroatoms. The molecule has 0 N–H and O–H groups in total. The van der Waals surface area contributed by atoms with Crippen molar-refractivity contribution in [1.82, 2.24) is 9.47 Å². The first-order chi connectivity index (χ1) is 12.1. The number of nitrogens with zero attached hydrogens (tertiary/aromatic N) is 3. The van der Waals surface area contributed by atoms with E-state index in [1.807, 2.05) is 11.0 Å². The first-order valence-electron chi connectivity index (χ1n) is 9.38. The van der Waals surface area contributed by atoms with Gasteiger partial charge in [0.25, 0.3) is 0 Å². The van der Waals surface area contributed by atoms with Gasteiger partial charge in [-0.3, -0.25) is 9.69 Å².